The third kappa shape index (κ3) is 2.01. The van der Waals surface area contributed by atoms with E-state index in [0.717, 1.165) is 19.3 Å². The third-order valence-corrected chi connectivity index (χ3v) is 3.31. The molecule has 5 heteroatoms. The first kappa shape index (κ1) is 10.9. The first-order valence-electron chi connectivity index (χ1n) is 5.21. The fraction of sp³-hybridized carbons (Fsp3) is 0.800. The van der Waals surface area contributed by atoms with E-state index in [0.29, 0.717) is 11.7 Å². The second-order valence-corrected chi connectivity index (χ2v) is 4.59. The zero-order valence-corrected chi connectivity index (χ0v) is 9.75. The lowest BCUT2D eigenvalue weighted by Gasteiger charge is -2.36. The Hall–Kier alpha value is -0.610. The van der Waals surface area contributed by atoms with E-state index in [-0.39, 0.29) is 5.35 Å². The molecule has 0 radical (unpaired) electrons. The number of nitrogens with zero attached hydrogens (tertiary/aromatic N) is 2. The van der Waals surface area contributed by atoms with Crippen molar-refractivity contribution in [1.29, 1.82) is 0 Å². The highest BCUT2D eigenvalue weighted by atomic mass is 35.5. The third-order valence-electron chi connectivity index (χ3n) is 3.16. The van der Waals surface area contributed by atoms with Gasteiger partial charge in [-0.15, -0.1) is 0 Å². The van der Waals surface area contributed by atoms with Gasteiger partial charge < -0.3 is 9.26 Å². The average molecular weight is 231 g/mol. The molecule has 0 spiro atoms. The van der Waals surface area contributed by atoms with Gasteiger partial charge in [-0.25, -0.2) is 0 Å². The molecule has 1 aliphatic rings. The zero-order chi connectivity index (χ0) is 10.9. The van der Waals surface area contributed by atoms with Crippen molar-refractivity contribution >= 4 is 11.6 Å². The number of rotatable bonds is 2. The van der Waals surface area contributed by atoms with Crippen LogP contribution in [0.3, 0.4) is 0 Å². The van der Waals surface area contributed by atoms with E-state index in [4.69, 9.17) is 20.9 Å². The summed E-state index contributed by atoms with van der Waals surface area (Å²) in [4.78, 5) is 4.07. The van der Waals surface area contributed by atoms with Gasteiger partial charge in [0, 0.05) is 7.11 Å². The normalized spacial score (nSPS) is 31.8. The lowest BCUT2D eigenvalue weighted by atomic mass is 9.78. The molecule has 84 valence electrons. The molecule has 0 bridgehead atoms. The molecule has 0 amide bonds. The first-order chi connectivity index (χ1) is 7.16. The summed E-state index contributed by atoms with van der Waals surface area (Å²) in [5.41, 5.74) is -0.395. The molecule has 0 saturated heterocycles. The van der Waals surface area contributed by atoms with E-state index in [2.05, 4.69) is 17.1 Å². The van der Waals surface area contributed by atoms with Crippen LogP contribution in [0.5, 0.6) is 0 Å². The predicted octanol–water partition coefficient (Wildman–Crippen LogP) is 2.77. The van der Waals surface area contributed by atoms with Gasteiger partial charge in [-0.1, -0.05) is 18.5 Å². The standard InChI is InChI=1S/C10H15ClN2O2/c1-7-4-3-5-10(6-7,14-2)8-12-9(11)15-13-8/h7H,3-6H2,1-2H3. The van der Waals surface area contributed by atoms with E-state index >= 15 is 0 Å². The highest BCUT2D eigenvalue weighted by Gasteiger charge is 2.40. The van der Waals surface area contributed by atoms with Crippen molar-refractivity contribution in [3.8, 4) is 0 Å². The molecule has 0 N–H and O–H groups in total. The van der Waals surface area contributed by atoms with Crippen molar-refractivity contribution in [2.24, 2.45) is 5.92 Å². The molecule has 2 rings (SSSR count). The van der Waals surface area contributed by atoms with Gasteiger partial charge in [-0.3, -0.25) is 0 Å². The largest absolute Gasteiger partial charge is 0.370 e. The number of halogens is 1. The maximum absolute atomic E-state index is 5.64. The van der Waals surface area contributed by atoms with Crippen LogP contribution in [-0.4, -0.2) is 17.3 Å². The fourth-order valence-corrected chi connectivity index (χ4v) is 2.49. The van der Waals surface area contributed by atoms with Crippen molar-refractivity contribution in [2.45, 2.75) is 38.2 Å². The summed E-state index contributed by atoms with van der Waals surface area (Å²) < 4.78 is 10.4. The highest BCUT2D eigenvalue weighted by Crippen LogP contribution is 2.41. The maximum atomic E-state index is 5.64. The molecule has 2 atom stereocenters. The monoisotopic (exact) mass is 230 g/mol. The van der Waals surface area contributed by atoms with Crippen molar-refractivity contribution in [3.63, 3.8) is 0 Å². The minimum absolute atomic E-state index is 0.0830. The molecule has 1 aromatic heterocycles. The van der Waals surface area contributed by atoms with Crippen molar-refractivity contribution in [2.75, 3.05) is 7.11 Å². The summed E-state index contributed by atoms with van der Waals surface area (Å²) in [6.45, 7) is 2.22. The summed E-state index contributed by atoms with van der Waals surface area (Å²) in [6, 6.07) is 0. The molecule has 15 heavy (non-hydrogen) atoms. The fourth-order valence-electron chi connectivity index (χ4n) is 2.37. The number of aromatic nitrogens is 2. The Labute approximate surface area is 93.9 Å². The smallest absolute Gasteiger partial charge is 0.320 e. The van der Waals surface area contributed by atoms with E-state index in [9.17, 15) is 0 Å². The lowest BCUT2D eigenvalue weighted by molar-refractivity contribution is -0.0658. The van der Waals surface area contributed by atoms with E-state index in [1.54, 1.807) is 7.11 Å². The van der Waals surface area contributed by atoms with Crippen LogP contribution < -0.4 is 0 Å². The van der Waals surface area contributed by atoms with Gasteiger partial charge in [-0.05, 0) is 36.8 Å². The van der Waals surface area contributed by atoms with Crippen LogP contribution in [0, 0.1) is 5.92 Å². The van der Waals surface area contributed by atoms with Crippen LogP contribution in [0.2, 0.25) is 5.35 Å². The molecule has 4 nitrogen and oxygen atoms in total. The van der Waals surface area contributed by atoms with Gasteiger partial charge in [0.05, 0.1) is 0 Å². The van der Waals surface area contributed by atoms with Crippen molar-refractivity contribution in [3.05, 3.63) is 11.2 Å². The van der Waals surface area contributed by atoms with Gasteiger partial charge in [0.2, 0.25) is 5.82 Å². The molecule has 0 aromatic carbocycles. The van der Waals surface area contributed by atoms with Crippen LogP contribution in [-0.2, 0) is 10.3 Å². The van der Waals surface area contributed by atoms with Crippen molar-refractivity contribution in [1.82, 2.24) is 10.1 Å². The zero-order valence-electron chi connectivity index (χ0n) is 8.99. The van der Waals surface area contributed by atoms with Crippen LogP contribution in [0.4, 0.5) is 0 Å². The second-order valence-electron chi connectivity index (χ2n) is 4.27. The number of methoxy groups -OCH3 is 1. The quantitative estimate of drug-likeness (QED) is 0.784. The summed E-state index contributed by atoms with van der Waals surface area (Å²) in [7, 11) is 1.70. The minimum Gasteiger partial charge on any atom is -0.370 e. The molecule has 1 saturated carbocycles. The van der Waals surface area contributed by atoms with Crippen LogP contribution >= 0.6 is 11.6 Å². The Bertz CT molecular complexity index is 342. The second kappa shape index (κ2) is 4.10. The molecule has 1 fully saturated rings. The van der Waals surface area contributed by atoms with Gasteiger partial charge in [0.15, 0.2) is 0 Å². The SMILES string of the molecule is COC1(c2noc(Cl)n2)CCCC(C)C1. The number of hydrogen-bond donors (Lipinski definition) is 0. The summed E-state index contributed by atoms with van der Waals surface area (Å²) >= 11 is 5.64. The topological polar surface area (TPSA) is 48.2 Å². The maximum Gasteiger partial charge on any atom is 0.320 e. The van der Waals surface area contributed by atoms with Crippen LogP contribution in [0.15, 0.2) is 4.52 Å². The Morgan fingerprint density at radius 3 is 2.93 bits per heavy atom. The molecule has 2 unspecified atom stereocenters. The first-order valence-corrected chi connectivity index (χ1v) is 5.59. The Morgan fingerprint density at radius 2 is 2.40 bits per heavy atom. The van der Waals surface area contributed by atoms with Crippen molar-refractivity contribution < 1.29 is 9.26 Å². The van der Waals surface area contributed by atoms with Crippen LogP contribution in [0.25, 0.3) is 0 Å². The lowest BCUT2D eigenvalue weighted by Crippen LogP contribution is -2.35. The highest BCUT2D eigenvalue weighted by molar-refractivity contribution is 6.27. The average Bonchev–Trinajstić information content (AvgIpc) is 2.65. The predicted molar refractivity (Wildman–Crippen MR) is 55.6 cm³/mol. The molecule has 1 aliphatic carbocycles. The molecular formula is C10H15ClN2O2. The minimum atomic E-state index is -0.395. The molecule has 1 aromatic rings. The van der Waals surface area contributed by atoms with E-state index in [1.165, 1.54) is 6.42 Å². The number of hydrogen-bond acceptors (Lipinski definition) is 4. The Balaban J connectivity index is 2.27. The summed E-state index contributed by atoms with van der Waals surface area (Å²) in [5.74, 6) is 1.21. The van der Waals surface area contributed by atoms with Gasteiger partial charge >= 0.3 is 5.35 Å². The molecular weight excluding hydrogens is 216 g/mol. The van der Waals surface area contributed by atoms with Gasteiger partial charge in [0.1, 0.15) is 5.60 Å². The van der Waals surface area contributed by atoms with E-state index in [1.807, 2.05) is 0 Å². The van der Waals surface area contributed by atoms with Crippen LogP contribution in [0.1, 0.15) is 38.4 Å². The molecule has 1 heterocycles. The summed E-state index contributed by atoms with van der Waals surface area (Å²) in [6.07, 6.45) is 4.22. The van der Waals surface area contributed by atoms with E-state index < -0.39 is 5.60 Å². The van der Waals surface area contributed by atoms with Gasteiger partial charge in [-0.2, -0.15) is 4.98 Å². The number of ether oxygens (including phenoxy) is 1. The Morgan fingerprint density at radius 1 is 1.60 bits per heavy atom. The van der Waals surface area contributed by atoms with Gasteiger partial charge in [0.25, 0.3) is 0 Å². The Kier molecular flexibility index (Phi) is 2.98. The summed E-state index contributed by atoms with van der Waals surface area (Å²) in [5, 5.41) is 3.96. The molecule has 0 aliphatic heterocycles.